The Morgan fingerprint density at radius 2 is 2.00 bits per heavy atom. The monoisotopic (exact) mass is 288 g/mol. The van der Waals surface area contributed by atoms with Gasteiger partial charge in [0.2, 0.25) is 0 Å². The molecule has 0 aliphatic carbocycles. The summed E-state index contributed by atoms with van der Waals surface area (Å²) < 4.78 is 7.06. The summed E-state index contributed by atoms with van der Waals surface area (Å²) in [5.74, 6) is 0.854. The van der Waals surface area contributed by atoms with Crippen LogP contribution in [-0.2, 0) is 13.5 Å². The molecule has 0 fully saturated rings. The van der Waals surface area contributed by atoms with E-state index in [9.17, 15) is 0 Å². The van der Waals surface area contributed by atoms with Crippen molar-refractivity contribution in [3.05, 3.63) is 41.7 Å². The molecule has 0 saturated heterocycles. The molecule has 21 heavy (non-hydrogen) atoms. The number of methoxy groups -OCH3 is 1. The van der Waals surface area contributed by atoms with Gasteiger partial charge in [-0.05, 0) is 30.7 Å². The Kier molecular flexibility index (Phi) is 4.85. The summed E-state index contributed by atoms with van der Waals surface area (Å²) in [5.41, 5.74) is 9.44. The van der Waals surface area contributed by atoms with E-state index in [0.717, 1.165) is 23.6 Å². The zero-order chi connectivity index (χ0) is 15.4. The number of anilines is 1. The van der Waals surface area contributed by atoms with Gasteiger partial charge < -0.3 is 15.4 Å². The van der Waals surface area contributed by atoms with Gasteiger partial charge in [0.05, 0.1) is 18.8 Å². The highest BCUT2D eigenvalue weighted by Gasteiger charge is 2.21. The third kappa shape index (κ3) is 3.19. The number of nitrogens with two attached hydrogens (primary N) is 1. The molecule has 5 heteroatoms. The Morgan fingerprint density at radius 1 is 1.33 bits per heavy atom. The van der Waals surface area contributed by atoms with Gasteiger partial charge in [0.25, 0.3) is 0 Å². The molecule has 0 saturated carbocycles. The predicted molar refractivity (Wildman–Crippen MR) is 85.8 cm³/mol. The molecular formula is C16H24N4O. The van der Waals surface area contributed by atoms with E-state index >= 15 is 0 Å². The van der Waals surface area contributed by atoms with E-state index in [-0.39, 0.29) is 6.04 Å². The summed E-state index contributed by atoms with van der Waals surface area (Å²) in [6.07, 6.45) is 2.97. The van der Waals surface area contributed by atoms with E-state index in [2.05, 4.69) is 30.2 Å². The van der Waals surface area contributed by atoms with Crippen LogP contribution in [0.25, 0.3) is 0 Å². The molecule has 2 rings (SSSR count). The lowest BCUT2D eigenvalue weighted by atomic mass is 10.0. The second-order valence-corrected chi connectivity index (χ2v) is 5.12. The van der Waals surface area contributed by atoms with E-state index in [1.165, 1.54) is 5.56 Å². The lowest BCUT2D eigenvalue weighted by Gasteiger charge is -2.29. The van der Waals surface area contributed by atoms with E-state index in [1.54, 1.807) is 7.11 Å². The highest BCUT2D eigenvalue weighted by molar-refractivity contribution is 5.51. The highest BCUT2D eigenvalue weighted by Crippen LogP contribution is 2.28. The topological polar surface area (TPSA) is 56.3 Å². The maximum absolute atomic E-state index is 6.03. The van der Waals surface area contributed by atoms with E-state index < -0.39 is 0 Å². The third-order valence-electron chi connectivity index (χ3n) is 3.80. The smallest absolute Gasteiger partial charge is 0.119 e. The Balaban J connectivity index is 2.30. The van der Waals surface area contributed by atoms with Crippen LogP contribution in [0.15, 0.2) is 30.5 Å². The third-order valence-corrected chi connectivity index (χ3v) is 3.80. The predicted octanol–water partition coefficient (Wildman–Crippen LogP) is 2.13. The van der Waals surface area contributed by atoms with Gasteiger partial charge >= 0.3 is 0 Å². The second-order valence-electron chi connectivity index (χ2n) is 5.12. The van der Waals surface area contributed by atoms with Crippen LogP contribution in [0.3, 0.4) is 0 Å². The maximum atomic E-state index is 6.03. The molecule has 1 aromatic heterocycles. The molecule has 0 aliphatic heterocycles. The summed E-state index contributed by atoms with van der Waals surface area (Å²) >= 11 is 0. The zero-order valence-electron chi connectivity index (χ0n) is 13.2. The Hall–Kier alpha value is -2.01. The number of aryl methyl sites for hydroxylation is 2. The van der Waals surface area contributed by atoms with Gasteiger partial charge in [0.1, 0.15) is 5.75 Å². The molecule has 0 amide bonds. The molecule has 5 nitrogen and oxygen atoms in total. The first kappa shape index (κ1) is 15.4. The molecule has 1 heterocycles. The minimum Gasteiger partial charge on any atom is -0.497 e. The molecule has 0 radical (unpaired) electrons. The van der Waals surface area contributed by atoms with Crippen molar-refractivity contribution in [1.82, 2.24) is 9.78 Å². The lowest BCUT2D eigenvalue weighted by molar-refractivity contribution is 0.415. The summed E-state index contributed by atoms with van der Waals surface area (Å²) in [4.78, 5) is 2.19. The van der Waals surface area contributed by atoms with Crippen LogP contribution in [0.4, 0.5) is 5.69 Å². The summed E-state index contributed by atoms with van der Waals surface area (Å²) in [6, 6.07) is 8.13. The van der Waals surface area contributed by atoms with Crippen LogP contribution < -0.4 is 15.4 Å². The molecule has 0 spiro atoms. The number of benzene rings is 1. The minimum absolute atomic E-state index is 0.113. The van der Waals surface area contributed by atoms with Crippen LogP contribution in [0.2, 0.25) is 0 Å². The molecule has 0 bridgehead atoms. The first-order chi connectivity index (χ1) is 10.1. The Labute approximate surface area is 126 Å². The maximum Gasteiger partial charge on any atom is 0.119 e. The molecule has 2 aromatic rings. The average molecular weight is 288 g/mol. The molecule has 2 N–H and O–H groups in total. The highest BCUT2D eigenvalue weighted by atomic mass is 16.5. The number of likely N-dealkylation sites (N-methyl/N-ethyl adjacent to an activating group) is 1. The molecule has 1 unspecified atom stereocenters. The van der Waals surface area contributed by atoms with Crippen molar-refractivity contribution in [3.8, 4) is 5.75 Å². The Morgan fingerprint density at radius 3 is 2.52 bits per heavy atom. The molecule has 0 aliphatic rings. The van der Waals surface area contributed by atoms with E-state index in [4.69, 9.17) is 10.5 Å². The van der Waals surface area contributed by atoms with Gasteiger partial charge in [-0.2, -0.15) is 5.10 Å². The SMILES string of the molecule is CCc1nn(C)cc1C(CN)N(C)c1ccc(OC)cc1. The van der Waals surface area contributed by atoms with Gasteiger partial charge in [0, 0.05) is 38.1 Å². The van der Waals surface area contributed by atoms with Crippen molar-refractivity contribution in [3.63, 3.8) is 0 Å². The van der Waals surface area contributed by atoms with Crippen molar-refractivity contribution < 1.29 is 4.74 Å². The number of aromatic nitrogens is 2. The Bertz CT molecular complexity index is 576. The van der Waals surface area contributed by atoms with Gasteiger partial charge in [-0.15, -0.1) is 0 Å². The standard InChI is InChI=1S/C16H24N4O/c1-5-15-14(11-19(2)18-15)16(10-17)20(3)12-6-8-13(21-4)9-7-12/h6-9,11,16H,5,10,17H2,1-4H3. The summed E-state index contributed by atoms with van der Waals surface area (Å²) in [6.45, 7) is 2.66. The minimum atomic E-state index is 0.113. The van der Waals surface area contributed by atoms with E-state index in [0.29, 0.717) is 6.54 Å². The van der Waals surface area contributed by atoms with Gasteiger partial charge in [0.15, 0.2) is 0 Å². The van der Waals surface area contributed by atoms with Crippen LogP contribution >= 0.6 is 0 Å². The average Bonchev–Trinajstić information content (AvgIpc) is 2.89. The van der Waals surface area contributed by atoms with E-state index in [1.807, 2.05) is 36.0 Å². The molecule has 1 atom stereocenters. The second kappa shape index (κ2) is 6.63. The number of hydrogen-bond acceptors (Lipinski definition) is 4. The number of nitrogens with zero attached hydrogens (tertiary/aromatic N) is 3. The van der Waals surface area contributed by atoms with Gasteiger partial charge in [-0.3, -0.25) is 4.68 Å². The normalized spacial score (nSPS) is 12.2. The molecular weight excluding hydrogens is 264 g/mol. The van der Waals surface area contributed by atoms with Crippen LogP contribution in [0.5, 0.6) is 5.75 Å². The van der Waals surface area contributed by atoms with Crippen molar-refractivity contribution in [1.29, 1.82) is 0 Å². The van der Waals surface area contributed by atoms with Crippen LogP contribution in [0, 0.1) is 0 Å². The van der Waals surface area contributed by atoms with Crippen LogP contribution in [-0.4, -0.2) is 30.5 Å². The van der Waals surface area contributed by atoms with Crippen molar-refractivity contribution >= 4 is 5.69 Å². The quantitative estimate of drug-likeness (QED) is 0.884. The van der Waals surface area contributed by atoms with Crippen LogP contribution in [0.1, 0.15) is 24.2 Å². The lowest BCUT2D eigenvalue weighted by Crippen LogP contribution is -2.30. The fraction of sp³-hybridized carbons (Fsp3) is 0.438. The molecule has 114 valence electrons. The first-order valence-corrected chi connectivity index (χ1v) is 7.20. The van der Waals surface area contributed by atoms with Gasteiger partial charge in [-0.25, -0.2) is 0 Å². The van der Waals surface area contributed by atoms with Gasteiger partial charge in [-0.1, -0.05) is 6.92 Å². The van der Waals surface area contributed by atoms with Crippen molar-refractivity contribution in [2.24, 2.45) is 12.8 Å². The number of rotatable bonds is 6. The number of ether oxygens (including phenoxy) is 1. The fourth-order valence-electron chi connectivity index (χ4n) is 2.60. The van der Waals surface area contributed by atoms with Crippen molar-refractivity contribution in [2.75, 3.05) is 25.6 Å². The zero-order valence-corrected chi connectivity index (χ0v) is 13.2. The molecule has 1 aromatic carbocycles. The summed E-state index contributed by atoms with van der Waals surface area (Å²) in [5, 5.41) is 4.52. The largest absolute Gasteiger partial charge is 0.497 e. The summed E-state index contributed by atoms with van der Waals surface area (Å²) in [7, 11) is 5.68. The van der Waals surface area contributed by atoms with Crippen molar-refractivity contribution in [2.45, 2.75) is 19.4 Å². The number of hydrogen-bond donors (Lipinski definition) is 1. The first-order valence-electron chi connectivity index (χ1n) is 7.20. The fourth-order valence-corrected chi connectivity index (χ4v) is 2.60.